The lowest BCUT2D eigenvalue weighted by molar-refractivity contribution is -0.125. The summed E-state index contributed by atoms with van der Waals surface area (Å²) in [5.41, 5.74) is 0. The third-order valence-electron chi connectivity index (χ3n) is 4.51. The largest absolute Gasteiger partial charge is 0.300 e. The van der Waals surface area contributed by atoms with E-state index in [2.05, 4.69) is 11.8 Å². The molecule has 0 spiro atoms. The van der Waals surface area contributed by atoms with Crippen LogP contribution >= 0.6 is 0 Å². The van der Waals surface area contributed by atoms with Crippen LogP contribution in [0.4, 0.5) is 0 Å². The molecule has 17 heavy (non-hydrogen) atoms. The molecule has 2 heteroatoms. The molecule has 2 atom stereocenters. The number of likely N-dealkylation sites (tertiary alicyclic amines) is 1. The maximum atomic E-state index is 11.9. The average molecular weight is 237 g/mol. The smallest absolute Gasteiger partial charge is 0.137 e. The van der Waals surface area contributed by atoms with E-state index in [0.717, 1.165) is 31.8 Å². The van der Waals surface area contributed by atoms with Crippen LogP contribution in [0.25, 0.3) is 0 Å². The Labute approximate surface area is 106 Å². The number of ketones is 1. The molecule has 0 N–H and O–H groups in total. The molecule has 0 radical (unpaired) electrons. The number of piperidine rings is 1. The van der Waals surface area contributed by atoms with Gasteiger partial charge in [0.1, 0.15) is 5.78 Å². The molecule has 2 unspecified atom stereocenters. The van der Waals surface area contributed by atoms with Gasteiger partial charge in [-0.2, -0.15) is 0 Å². The summed E-state index contributed by atoms with van der Waals surface area (Å²) >= 11 is 0. The summed E-state index contributed by atoms with van der Waals surface area (Å²) in [5.74, 6) is 0.901. The SMILES string of the molecule is CCCC1CCCCN1CC1CCCCC1=O. The van der Waals surface area contributed by atoms with Crippen molar-refractivity contribution in [1.82, 2.24) is 4.90 Å². The minimum absolute atomic E-state index is 0.362. The van der Waals surface area contributed by atoms with E-state index in [9.17, 15) is 4.79 Å². The first-order valence-electron chi connectivity index (χ1n) is 7.58. The molecule has 1 aliphatic heterocycles. The molecule has 1 saturated carbocycles. The van der Waals surface area contributed by atoms with Crippen molar-refractivity contribution >= 4 is 5.78 Å². The molecule has 1 heterocycles. The Morgan fingerprint density at radius 2 is 2.00 bits per heavy atom. The summed E-state index contributed by atoms with van der Waals surface area (Å²) in [5, 5.41) is 0. The lowest BCUT2D eigenvalue weighted by Gasteiger charge is -2.38. The fourth-order valence-corrected chi connectivity index (χ4v) is 3.49. The van der Waals surface area contributed by atoms with Crippen molar-refractivity contribution in [3.05, 3.63) is 0 Å². The third kappa shape index (κ3) is 3.54. The number of rotatable bonds is 4. The molecule has 1 saturated heterocycles. The van der Waals surface area contributed by atoms with Gasteiger partial charge in [-0.15, -0.1) is 0 Å². The number of nitrogens with zero attached hydrogens (tertiary/aromatic N) is 1. The number of Topliss-reactive ketones (excluding diaryl/α,β-unsaturated/α-hetero) is 1. The van der Waals surface area contributed by atoms with Crippen molar-refractivity contribution in [2.24, 2.45) is 5.92 Å². The first kappa shape index (κ1) is 13.1. The Balaban J connectivity index is 1.88. The summed E-state index contributed by atoms with van der Waals surface area (Å²) in [6.07, 6.45) is 11.1. The Morgan fingerprint density at radius 1 is 1.18 bits per heavy atom. The molecule has 0 aromatic heterocycles. The highest BCUT2D eigenvalue weighted by atomic mass is 16.1. The van der Waals surface area contributed by atoms with E-state index in [0.29, 0.717) is 11.7 Å². The van der Waals surface area contributed by atoms with Crippen molar-refractivity contribution < 1.29 is 4.79 Å². The monoisotopic (exact) mass is 237 g/mol. The van der Waals surface area contributed by atoms with Crippen molar-refractivity contribution in [1.29, 1.82) is 0 Å². The molecular formula is C15H27NO. The fraction of sp³-hybridized carbons (Fsp3) is 0.933. The second kappa shape index (κ2) is 6.53. The fourth-order valence-electron chi connectivity index (χ4n) is 3.49. The van der Waals surface area contributed by atoms with E-state index in [1.807, 2.05) is 0 Å². The van der Waals surface area contributed by atoms with Crippen LogP contribution in [-0.4, -0.2) is 29.8 Å². The quantitative estimate of drug-likeness (QED) is 0.747. The number of hydrogen-bond donors (Lipinski definition) is 0. The topological polar surface area (TPSA) is 20.3 Å². The van der Waals surface area contributed by atoms with Gasteiger partial charge in [0, 0.05) is 24.9 Å². The van der Waals surface area contributed by atoms with Gasteiger partial charge in [0.2, 0.25) is 0 Å². The van der Waals surface area contributed by atoms with Crippen LogP contribution in [0.2, 0.25) is 0 Å². The molecule has 2 fully saturated rings. The van der Waals surface area contributed by atoms with Crippen molar-refractivity contribution in [2.45, 2.75) is 70.8 Å². The Kier molecular flexibility index (Phi) is 5.02. The molecule has 0 aromatic carbocycles. The summed E-state index contributed by atoms with van der Waals surface area (Å²) < 4.78 is 0. The van der Waals surface area contributed by atoms with Gasteiger partial charge in [0.25, 0.3) is 0 Å². The van der Waals surface area contributed by atoms with Crippen molar-refractivity contribution in [3.8, 4) is 0 Å². The second-order valence-corrected chi connectivity index (χ2v) is 5.84. The molecule has 98 valence electrons. The van der Waals surface area contributed by atoms with Crippen LogP contribution in [-0.2, 0) is 4.79 Å². The van der Waals surface area contributed by atoms with Crippen molar-refractivity contribution in [3.63, 3.8) is 0 Å². The van der Waals surface area contributed by atoms with Gasteiger partial charge in [0.15, 0.2) is 0 Å². The van der Waals surface area contributed by atoms with Crippen LogP contribution in [0.15, 0.2) is 0 Å². The number of carbonyl (C=O) groups is 1. The van der Waals surface area contributed by atoms with Gasteiger partial charge < -0.3 is 0 Å². The Morgan fingerprint density at radius 3 is 2.76 bits per heavy atom. The van der Waals surface area contributed by atoms with Crippen LogP contribution < -0.4 is 0 Å². The van der Waals surface area contributed by atoms with Gasteiger partial charge in [-0.3, -0.25) is 9.69 Å². The van der Waals surface area contributed by atoms with E-state index in [4.69, 9.17) is 0 Å². The first-order chi connectivity index (χ1) is 8.31. The Hall–Kier alpha value is -0.370. The molecule has 2 rings (SSSR count). The normalized spacial score (nSPS) is 31.7. The summed E-state index contributed by atoms with van der Waals surface area (Å²) in [6.45, 7) is 4.57. The van der Waals surface area contributed by atoms with E-state index in [1.165, 1.54) is 45.1 Å². The zero-order chi connectivity index (χ0) is 12.1. The minimum atomic E-state index is 0.362. The van der Waals surface area contributed by atoms with E-state index >= 15 is 0 Å². The standard InChI is InChI=1S/C15H27NO/c1-2-7-14-9-5-6-11-16(14)12-13-8-3-4-10-15(13)17/h13-14H,2-12H2,1H3. The van der Waals surface area contributed by atoms with Gasteiger partial charge in [-0.05, 0) is 38.6 Å². The van der Waals surface area contributed by atoms with Gasteiger partial charge in [0.05, 0.1) is 0 Å². The van der Waals surface area contributed by atoms with Crippen LogP contribution in [0.1, 0.15) is 64.7 Å². The molecule has 2 aliphatic rings. The number of carbonyl (C=O) groups excluding carboxylic acids is 1. The zero-order valence-electron chi connectivity index (χ0n) is 11.3. The molecule has 0 amide bonds. The van der Waals surface area contributed by atoms with E-state index in [-0.39, 0.29) is 0 Å². The summed E-state index contributed by atoms with van der Waals surface area (Å²) in [6, 6.07) is 0.767. The highest BCUT2D eigenvalue weighted by Crippen LogP contribution is 2.26. The van der Waals surface area contributed by atoms with Crippen LogP contribution in [0.3, 0.4) is 0 Å². The van der Waals surface area contributed by atoms with Gasteiger partial charge in [-0.25, -0.2) is 0 Å². The minimum Gasteiger partial charge on any atom is -0.300 e. The van der Waals surface area contributed by atoms with Crippen LogP contribution in [0.5, 0.6) is 0 Å². The highest BCUT2D eigenvalue weighted by molar-refractivity contribution is 5.81. The van der Waals surface area contributed by atoms with Crippen LogP contribution in [0, 0.1) is 5.92 Å². The van der Waals surface area contributed by atoms with Gasteiger partial charge >= 0.3 is 0 Å². The van der Waals surface area contributed by atoms with E-state index < -0.39 is 0 Å². The summed E-state index contributed by atoms with van der Waals surface area (Å²) in [4.78, 5) is 14.5. The summed E-state index contributed by atoms with van der Waals surface area (Å²) in [7, 11) is 0. The maximum absolute atomic E-state index is 11.9. The molecule has 2 nitrogen and oxygen atoms in total. The predicted octanol–water partition coefficient (Wildman–Crippen LogP) is 3.40. The zero-order valence-corrected chi connectivity index (χ0v) is 11.3. The average Bonchev–Trinajstić information content (AvgIpc) is 2.35. The third-order valence-corrected chi connectivity index (χ3v) is 4.51. The lowest BCUT2D eigenvalue weighted by atomic mass is 9.86. The first-order valence-corrected chi connectivity index (χ1v) is 7.58. The predicted molar refractivity (Wildman–Crippen MR) is 71.1 cm³/mol. The highest BCUT2D eigenvalue weighted by Gasteiger charge is 2.28. The Bertz CT molecular complexity index is 249. The number of hydrogen-bond acceptors (Lipinski definition) is 2. The molecule has 1 aliphatic carbocycles. The molecule has 0 aromatic rings. The van der Waals surface area contributed by atoms with Crippen molar-refractivity contribution in [2.75, 3.05) is 13.1 Å². The molecule has 0 bridgehead atoms. The lowest BCUT2D eigenvalue weighted by Crippen LogP contribution is -2.44. The van der Waals surface area contributed by atoms with E-state index in [1.54, 1.807) is 0 Å². The second-order valence-electron chi connectivity index (χ2n) is 5.84. The molecular weight excluding hydrogens is 210 g/mol. The maximum Gasteiger partial charge on any atom is 0.137 e. The van der Waals surface area contributed by atoms with Gasteiger partial charge in [-0.1, -0.05) is 26.2 Å².